The van der Waals surface area contributed by atoms with Gasteiger partial charge in [0.05, 0.1) is 0 Å². The topological polar surface area (TPSA) is 37.4 Å². The number of diazo groups is 1. The van der Waals surface area contributed by atoms with Crippen LogP contribution in [0.1, 0.15) is 5.56 Å². The van der Waals surface area contributed by atoms with Gasteiger partial charge in [0.1, 0.15) is 6.61 Å². The predicted octanol–water partition coefficient (Wildman–Crippen LogP) is 4.26. The van der Waals surface area contributed by atoms with Crippen LogP contribution >= 0.6 is 0 Å². The van der Waals surface area contributed by atoms with Crippen LogP contribution in [0.5, 0.6) is 5.75 Å². The van der Waals surface area contributed by atoms with Crippen LogP contribution in [0.15, 0.2) is 60.7 Å². The number of para-hydroxylation sites is 1. The fraction of sp³-hybridized carbons (Fsp3) is 0.0667. The summed E-state index contributed by atoms with van der Waals surface area (Å²) in [4.78, 5) is 3.16. The van der Waals surface area contributed by atoms with Gasteiger partial charge in [-0.2, -0.15) is 0 Å². The highest BCUT2D eigenvalue weighted by atomic mass is 16.5. The lowest BCUT2D eigenvalue weighted by atomic mass is 10.2. The molecule has 0 N–H and O–H groups in total. The average molecular weight is 237 g/mol. The van der Waals surface area contributed by atoms with Crippen molar-refractivity contribution in [2.24, 2.45) is 0 Å². The highest BCUT2D eigenvalue weighted by molar-refractivity contribution is 5.56. The summed E-state index contributed by atoms with van der Waals surface area (Å²) in [6.45, 7) is 0.432. The maximum atomic E-state index is 8.78. The first-order valence-electron chi connectivity index (χ1n) is 5.68. The molecule has 0 heterocycles. The molecule has 2 aromatic carbocycles. The second-order valence-electron chi connectivity index (χ2n) is 3.69. The summed E-state index contributed by atoms with van der Waals surface area (Å²) >= 11 is 0. The zero-order valence-electron chi connectivity index (χ0n) is 9.86. The Bertz CT molecular complexity index is 571. The Hall–Kier alpha value is -2.60. The number of hydrogen-bond acceptors (Lipinski definition) is 2. The zero-order valence-corrected chi connectivity index (χ0v) is 9.86. The molecule has 18 heavy (non-hydrogen) atoms. The van der Waals surface area contributed by atoms with E-state index in [9.17, 15) is 0 Å². The number of hydrogen-bond donors (Lipinski definition) is 0. The molecule has 0 radical (unpaired) electrons. The third-order valence-electron chi connectivity index (χ3n) is 2.42. The first kappa shape index (κ1) is 11.9. The van der Waals surface area contributed by atoms with E-state index in [4.69, 9.17) is 10.1 Å². The lowest BCUT2D eigenvalue weighted by Gasteiger charge is -1.99. The third-order valence-corrected chi connectivity index (χ3v) is 2.42. The van der Waals surface area contributed by atoms with Crippen molar-refractivity contribution in [1.82, 2.24) is 0 Å². The molecule has 88 valence electrons. The molecule has 0 unspecified atom stereocenters. The first-order chi connectivity index (χ1) is 8.90. The molecule has 3 heteroatoms. The Morgan fingerprint density at radius 1 is 1.00 bits per heavy atom. The minimum Gasteiger partial charge on any atom is -0.482 e. The molecule has 0 aliphatic heterocycles. The Morgan fingerprint density at radius 3 is 2.50 bits per heavy atom. The lowest BCUT2D eigenvalue weighted by Crippen LogP contribution is -1.92. The van der Waals surface area contributed by atoms with Gasteiger partial charge in [-0.05, 0) is 17.7 Å². The van der Waals surface area contributed by atoms with E-state index >= 15 is 0 Å². The second-order valence-corrected chi connectivity index (χ2v) is 3.69. The first-order valence-corrected chi connectivity index (χ1v) is 5.68. The van der Waals surface area contributed by atoms with Crippen LogP contribution in [0.25, 0.3) is 11.1 Å². The number of nitrogens with zero attached hydrogens (tertiary/aromatic N) is 2. The molecular weight excluding hydrogens is 224 g/mol. The van der Waals surface area contributed by atoms with E-state index < -0.39 is 0 Å². The van der Waals surface area contributed by atoms with Gasteiger partial charge in [-0.1, -0.05) is 48.5 Å². The van der Waals surface area contributed by atoms with Crippen molar-refractivity contribution in [1.29, 1.82) is 5.39 Å². The fourth-order valence-electron chi connectivity index (χ4n) is 1.55. The minimum atomic E-state index is 0.432. The van der Waals surface area contributed by atoms with E-state index in [1.807, 2.05) is 48.6 Å². The van der Waals surface area contributed by atoms with Gasteiger partial charge in [0.2, 0.25) is 11.1 Å². The predicted molar refractivity (Wildman–Crippen MR) is 72.2 cm³/mol. The van der Waals surface area contributed by atoms with Crippen molar-refractivity contribution >= 4 is 11.8 Å². The van der Waals surface area contributed by atoms with Gasteiger partial charge >= 0.3 is 5.69 Å². The van der Waals surface area contributed by atoms with E-state index in [0.29, 0.717) is 18.0 Å². The van der Waals surface area contributed by atoms with E-state index in [-0.39, 0.29) is 0 Å². The van der Waals surface area contributed by atoms with Crippen molar-refractivity contribution in [3.05, 3.63) is 71.2 Å². The molecule has 0 aliphatic carbocycles. The van der Waals surface area contributed by atoms with Gasteiger partial charge in [0.15, 0.2) is 4.98 Å². The smallest absolute Gasteiger partial charge is 0.426 e. The molecule has 0 spiro atoms. The summed E-state index contributed by atoms with van der Waals surface area (Å²) in [5.74, 6) is 0.567. The largest absolute Gasteiger partial charge is 0.482 e. The van der Waals surface area contributed by atoms with Crippen molar-refractivity contribution < 1.29 is 4.74 Å². The van der Waals surface area contributed by atoms with Crippen LogP contribution in [0.2, 0.25) is 0 Å². The zero-order chi connectivity index (χ0) is 12.6. The number of benzene rings is 2. The monoisotopic (exact) mass is 237 g/mol. The van der Waals surface area contributed by atoms with Crippen LogP contribution in [0.3, 0.4) is 0 Å². The van der Waals surface area contributed by atoms with Gasteiger partial charge < -0.3 is 4.74 Å². The molecule has 0 atom stereocenters. The van der Waals surface area contributed by atoms with Crippen molar-refractivity contribution in [3.63, 3.8) is 0 Å². The molecule has 0 aromatic heterocycles. The van der Waals surface area contributed by atoms with Crippen LogP contribution in [0, 0.1) is 5.39 Å². The molecule has 0 fully saturated rings. The highest BCUT2D eigenvalue weighted by Gasteiger charge is 2.12. The lowest BCUT2D eigenvalue weighted by molar-refractivity contribution is 0.366. The van der Waals surface area contributed by atoms with Crippen LogP contribution < -0.4 is 4.74 Å². The van der Waals surface area contributed by atoms with Crippen LogP contribution in [0.4, 0.5) is 5.69 Å². The standard InChI is InChI=1S/C15H13N2O/c16-17-14-10-4-5-11-15(14)18-12-6-9-13-7-2-1-3-8-13/h1-11H,12H2/q+1/b9-6+. The van der Waals surface area contributed by atoms with Crippen molar-refractivity contribution in [2.75, 3.05) is 6.61 Å². The van der Waals surface area contributed by atoms with Crippen molar-refractivity contribution in [2.45, 2.75) is 0 Å². The summed E-state index contributed by atoms with van der Waals surface area (Å²) in [6, 6.07) is 17.1. The van der Waals surface area contributed by atoms with Crippen molar-refractivity contribution in [3.8, 4) is 5.75 Å². The molecular formula is C15H13N2O+. The molecule has 2 aromatic rings. The van der Waals surface area contributed by atoms with E-state index in [1.165, 1.54) is 0 Å². The summed E-state index contributed by atoms with van der Waals surface area (Å²) < 4.78 is 5.51. The average Bonchev–Trinajstić information content (AvgIpc) is 2.45. The van der Waals surface area contributed by atoms with Gasteiger partial charge in [-0.15, -0.1) is 0 Å². The molecule has 0 amide bonds. The molecule has 3 nitrogen and oxygen atoms in total. The number of rotatable bonds is 4. The second kappa shape index (κ2) is 6.21. The Balaban J connectivity index is 1.93. The molecule has 0 saturated carbocycles. The van der Waals surface area contributed by atoms with E-state index in [1.54, 1.807) is 18.2 Å². The molecule has 0 saturated heterocycles. The van der Waals surface area contributed by atoms with Gasteiger partial charge in [-0.25, -0.2) is 0 Å². The van der Waals surface area contributed by atoms with Crippen LogP contribution in [-0.2, 0) is 0 Å². The van der Waals surface area contributed by atoms with Gasteiger partial charge in [-0.3, -0.25) is 0 Å². The number of ether oxygens (including phenoxy) is 1. The van der Waals surface area contributed by atoms with Crippen LogP contribution in [-0.4, -0.2) is 6.61 Å². The summed E-state index contributed by atoms with van der Waals surface area (Å²) in [5, 5.41) is 8.78. The Morgan fingerprint density at radius 2 is 1.72 bits per heavy atom. The summed E-state index contributed by atoms with van der Waals surface area (Å²) in [6.07, 6.45) is 3.90. The molecule has 2 rings (SSSR count). The van der Waals surface area contributed by atoms with E-state index in [2.05, 4.69) is 4.98 Å². The van der Waals surface area contributed by atoms with Gasteiger partial charge in [0, 0.05) is 6.07 Å². The third kappa shape index (κ3) is 3.19. The fourth-order valence-corrected chi connectivity index (χ4v) is 1.55. The quantitative estimate of drug-likeness (QED) is 0.745. The molecule has 0 bridgehead atoms. The normalized spacial score (nSPS) is 10.2. The van der Waals surface area contributed by atoms with E-state index in [0.717, 1.165) is 5.56 Å². The maximum absolute atomic E-state index is 8.78. The summed E-state index contributed by atoms with van der Waals surface area (Å²) in [5.41, 5.74) is 1.56. The highest BCUT2D eigenvalue weighted by Crippen LogP contribution is 2.26. The minimum absolute atomic E-state index is 0.432. The Kier molecular flexibility index (Phi) is 4.10. The SMILES string of the molecule is N#[N+]c1ccccc1OC/C=C/c1ccccc1. The maximum Gasteiger partial charge on any atom is 0.426 e. The summed E-state index contributed by atoms with van der Waals surface area (Å²) in [7, 11) is 0. The molecule has 0 aliphatic rings. The Labute approximate surface area is 106 Å². The van der Waals surface area contributed by atoms with Gasteiger partial charge in [0.25, 0.3) is 0 Å².